The molecule has 1 N–H and O–H groups in total. The van der Waals surface area contributed by atoms with Crippen molar-refractivity contribution in [3.8, 4) is 5.75 Å². The average molecular weight is 322 g/mol. The molecule has 0 aromatic heterocycles. The number of hydrogen-bond acceptors (Lipinski definition) is 3. The molecule has 1 aromatic carbocycles. The topological polar surface area (TPSA) is 40.5 Å². The molecule has 0 amide bonds. The summed E-state index contributed by atoms with van der Waals surface area (Å²) in [5.74, 6) is 0.330. The summed E-state index contributed by atoms with van der Waals surface area (Å²) in [4.78, 5) is 12.6. The van der Waals surface area contributed by atoms with E-state index < -0.39 is 0 Å². The Bertz CT molecular complexity index is 416. The third kappa shape index (κ3) is 11.6. The molecule has 3 heteroatoms. The second-order valence-corrected chi connectivity index (χ2v) is 4.92. The summed E-state index contributed by atoms with van der Waals surface area (Å²) in [5.41, 5.74) is 2.01. The second kappa shape index (κ2) is 16.8. The van der Waals surface area contributed by atoms with Crippen LogP contribution in [-0.4, -0.2) is 29.4 Å². The molecule has 0 saturated carbocycles. The number of carbonyl (C=O) groups is 1. The Kier molecular flexibility index (Phi) is 17.2. The predicted molar refractivity (Wildman–Crippen MR) is 101 cm³/mol. The van der Waals surface area contributed by atoms with E-state index in [1.54, 1.807) is 6.07 Å². The maximum atomic E-state index is 10.6. The highest BCUT2D eigenvalue weighted by Crippen LogP contribution is 2.20. The Morgan fingerprint density at radius 3 is 2.22 bits per heavy atom. The van der Waals surface area contributed by atoms with Crippen LogP contribution >= 0.6 is 0 Å². The van der Waals surface area contributed by atoms with Crippen molar-refractivity contribution < 1.29 is 9.90 Å². The van der Waals surface area contributed by atoms with E-state index in [0.29, 0.717) is 18.8 Å². The van der Waals surface area contributed by atoms with Crippen molar-refractivity contribution in [3.05, 3.63) is 42.0 Å². The normalized spacial score (nSPS) is 9.30. The van der Waals surface area contributed by atoms with E-state index in [-0.39, 0.29) is 0 Å². The van der Waals surface area contributed by atoms with Crippen LogP contribution in [0.4, 0.5) is 0 Å². The van der Waals surface area contributed by atoms with Gasteiger partial charge in [-0.1, -0.05) is 52.8 Å². The lowest BCUT2D eigenvalue weighted by atomic mass is 10.1. The lowest BCUT2D eigenvalue weighted by Gasteiger charge is -2.19. The monoisotopic (exact) mass is 321 g/mol. The van der Waals surface area contributed by atoms with E-state index in [2.05, 4.69) is 27.4 Å². The molecule has 0 atom stereocenters. The zero-order chi connectivity index (χ0) is 18.1. The molecule has 0 bridgehead atoms. The molecule has 1 aromatic rings. The molecule has 0 aliphatic heterocycles. The zero-order valence-electron chi connectivity index (χ0n) is 15.6. The van der Waals surface area contributed by atoms with Crippen molar-refractivity contribution >= 4 is 6.29 Å². The number of rotatable bonds is 8. The van der Waals surface area contributed by atoms with Crippen molar-refractivity contribution in [1.29, 1.82) is 0 Å². The smallest absolute Gasteiger partial charge is 0.133 e. The minimum absolute atomic E-state index is 0.330. The Balaban J connectivity index is 0. The number of hydrogen-bond donors (Lipinski definition) is 1. The molecule has 0 unspecified atom stereocenters. The fraction of sp³-hybridized carbons (Fsp3) is 0.550. The van der Waals surface area contributed by atoms with E-state index in [0.717, 1.165) is 43.2 Å². The summed E-state index contributed by atoms with van der Waals surface area (Å²) >= 11 is 0. The van der Waals surface area contributed by atoms with Crippen LogP contribution in [0.1, 0.15) is 58.6 Å². The number of aromatic hydroxyl groups is 1. The minimum Gasteiger partial charge on any atom is -0.508 e. The van der Waals surface area contributed by atoms with Gasteiger partial charge in [0.1, 0.15) is 12.0 Å². The Hall–Kier alpha value is -1.61. The second-order valence-electron chi connectivity index (χ2n) is 4.92. The minimum atomic E-state index is 0.330. The molecule has 0 spiro atoms. The van der Waals surface area contributed by atoms with Crippen LogP contribution in [0.5, 0.6) is 5.75 Å². The maximum absolute atomic E-state index is 10.6. The number of carbonyl (C=O) groups excluding carboxylic acids is 1. The molecule has 0 fully saturated rings. The molecule has 0 aliphatic carbocycles. The Labute approximate surface area is 143 Å². The largest absolute Gasteiger partial charge is 0.508 e. The molecular weight excluding hydrogens is 286 g/mol. The average Bonchev–Trinajstić information content (AvgIpc) is 2.59. The first-order valence-electron chi connectivity index (χ1n) is 8.70. The zero-order valence-corrected chi connectivity index (χ0v) is 15.6. The van der Waals surface area contributed by atoms with Crippen molar-refractivity contribution in [2.75, 3.05) is 13.1 Å². The predicted octanol–water partition coefficient (Wildman–Crippen LogP) is 4.97. The highest BCUT2D eigenvalue weighted by Gasteiger charge is 2.08. The first kappa shape index (κ1) is 23.7. The molecular formula is C20H35NO2. The van der Waals surface area contributed by atoms with Crippen molar-refractivity contribution in [2.45, 2.75) is 60.4 Å². The van der Waals surface area contributed by atoms with Gasteiger partial charge >= 0.3 is 0 Å². The van der Waals surface area contributed by atoms with Crippen LogP contribution in [0.15, 0.2) is 30.9 Å². The van der Waals surface area contributed by atoms with Gasteiger partial charge in [-0.2, -0.15) is 0 Å². The highest BCUT2D eigenvalue weighted by molar-refractivity contribution is 5.52. The van der Waals surface area contributed by atoms with Crippen molar-refractivity contribution in [3.63, 3.8) is 0 Å². The van der Waals surface area contributed by atoms with Gasteiger partial charge in [0.05, 0.1) is 6.54 Å². The highest BCUT2D eigenvalue weighted by atomic mass is 16.3. The third-order valence-corrected chi connectivity index (χ3v) is 3.11. The summed E-state index contributed by atoms with van der Waals surface area (Å²) in [5, 5.41) is 9.89. The summed E-state index contributed by atoms with van der Waals surface area (Å²) < 4.78 is 0. The van der Waals surface area contributed by atoms with Crippen LogP contribution in [0.2, 0.25) is 0 Å². The van der Waals surface area contributed by atoms with Crippen LogP contribution in [0.3, 0.4) is 0 Å². The van der Waals surface area contributed by atoms with Gasteiger partial charge in [0, 0.05) is 12.1 Å². The summed E-state index contributed by atoms with van der Waals surface area (Å²) in [6.45, 7) is 15.6. The van der Waals surface area contributed by atoms with Gasteiger partial charge in [0.2, 0.25) is 0 Å². The van der Waals surface area contributed by atoms with E-state index in [1.807, 2.05) is 37.0 Å². The lowest BCUT2D eigenvalue weighted by molar-refractivity contribution is -0.109. The van der Waals surface area contributed by atoms with Gasteiger partial charge < -0.3 is 9.90 Å². The summed E-state index contributed by atoms with van der Waals surface area (Å²) in [6.07, 6.45) is 5.79. The standard InChI is InChI=1S/C14H21NO2.C4H8.C2H6/c1-3-7-15(8-9-16)11-13-6-5-12(4-2)10-14(13)17;1-3-4-2;1-2/h5-6,9-10,17H,3-4,7-8,11H2,1-2H3;3H,1,4H2,2H3;1-2H3. The molecule has 0 aliphatic rings. The lowest BCUT2D eigenvalue weighted by Crippen LogP contribution is -2.26. The molecule has 0 radical (unpaired) electrons. The molecule has 0 heterocycles. The SMILES string of the molecule is C=CCC.CC.CCCN(CC=O)Cc1ccc(CC)cc1O. The number of benzene rings is 1. The fourth-order valence-electron chi connectivity index (χ4n) is 1.86. The van der Waals surface area contributed by atoms with E-state index >= 15 is 0 Å². The molecule has 0 saturated heterocycles. The van der Waals surface area contributed by atoms with Gasteiger partial charge in [-0.3, -0.25) is 4.90 Å². The van der Waals surface area contributed by atoms with E-state index in [9.17, 15) is 9.90 Å². The molecule has 1 rings (SSSR count). The molecule has 3 nitrogen and oxygen atoms in total. The van der Waals surface area contributed by atoms with Gasteiger partial charge in [0.25, 0.3) is 0 Å². The van der Waals surface area contributed by atoms with Gasteiger partial charge in [-0.05, 0) is 37.4 Å². The summed E-state index contributed by atoms with van der Waals surface area (Å²) in [7, 11) is 0. The Morgan fingerprint density at radius 1 is 1.22 bits per heavy atom. The third-order valence-electron chi connectivity index (χ3n) is 3.11. The van der Waals surface area contributed by atoms with Gasteiger partial charge in [-0.15, -0.1) is 6.58 Å². The maximum Gasteiger partial charge on any atom is 0.133 e. The first-order chi connectivity index (χ1) is 11.1. The molecule has 23 heavy (non-hydrogen) atoms. The number of aldehydes is 1. The van der Waals surface area contributed by atoms with Crippen molar-refractivity contribution in [1.82, 2.24) is 4.90 Å². The van der Waals surface area contributed by atoms with Crippen LogP contribution in [0, 0.1) is 0 Å². The van der Waals surface area contributed by atoms with E-state index in [4.69, 9.17) is 0 Å². The first-order valence-corrected chi connectivity index (χ1v) is 8.70. The number of allylic oxidation sites excluding steroid dienone is 1. The van der Waals surface area contributed by atoms with Crippen LogP contribution in [0.25, 0.3) is 0 Å². The fourth-order valence-corrected chi connectivity index (χ4v) is 1.86. The van der Waals surface area contributed by atoms with Crippen molar-refractivity contribution in [2.24, 2.45) is 0 Å². The molecule has 132 valence electrons. The summed E-state index contributed by atoms with van der Waals surface area (Å²) in [6, 6.07) is 5.78. The number of aryl methyl sites for hydroxylation is 1. The van der Waals surface area contributed by atoms with Crippen LogP contribution < -0.4 is 0 Å². The Morgan fingerprint density at radius 2 is 1.83 bits per heavy atom. The number of phenolic OH excluding ortho intramolecular Hbond substituents is 1. The quantitative estimate of drug-likeness (QED) is 0.542. The number of phenols is 1. The number of nitrogens with zero attached hydrogens (tertiary/aromatic N) is 1. The van der Waals surface area contributed by atoms with Gasteiger partial charge in [-0.25, -0.2) is 0 Å². The van der Waals surface area contributed by atoms with E-state index in [1.165, 1.54) is 0 Å². The van der Waals surface area contributed by atoms with Gasteiger partial charge in [0.15, 0.2) is 0 Å². The van der Waals surface area contributed by atoms with Crippen LogP contribution in [-0.2, 0) is 17.8 Å².